The number of aliphatic hydroxyl groups is 1. The Morgan fingerprint density at radius 2 is 1.83 bits per heavy atom. The van der Waals surface area contributed by atoms with E-state index in [1.54, 1.807) is 4.31 Å². The Kier molecular flexibility index (Phi) is 6.60. The van der Waals surface area contributed by atoms with Crippen molar-refractivity contribution in [2.45, 2.75) is 58.4 Å². The van der Waals surface area contributed by atoms with Gasteiger partial charge >= 0.3 is 0 Å². The van der Waals surface area contributed by atoms with Crippen molar-refractivity contribution in [3.8, 4) is 0 Å². The molecule has 0 amide bonds. The van der Waals surface area contributed by atoms with Crippen LogP contribution in [0.3, 0.4) is 0 Å². The Labute approximate surface area is 111 Å². The van der Waals surface area contributed by atoms with E-state index in [1.807, 2.05) is 13.8 Å². The summed E-state index contributed by atoms with van der Waals surface area (Å²) in [6.07, 6.45) is 6.18. The lowest BCUT2D eigenvalue weighted by atomic mass is 9.91. The summed E-state index contributed by atoms with van der Waals surface area (Å²) in [5, 5.41) is 8.86. The van der Waals surface area contributed by atoms with Crippen molar-refractivity contribution < 1.29 is 13.5 Å². The Hall–Kier alpha value is -0.130. The number of sulfonamides is 1. The van der Waals surface area contributed by atoms with Crippen molar-refractivity contribution in [3.63, 3.8) is 0 Å². The average molecular weight is 277 g/mol. The van der Waals surface area contributed by atoms with Crippen LogP contribution in [-0.4, -0.2) is 42.8 Å². The van der Waals surface area contributed by atoms with Gasteiger partial charge < -0.3 is 5.11 Å². The monoisotopic (exact) mass is 277 g/mol. The largest absolute Gasteiger partial charge is 0.396 e. The molecule has 0 aromatic heterocycles. The number of hydrogen-bond donors (Lipinski definition) is 1. The van der Waals surface area contributed by atoms with Gasteiger partial charge in [0.05, 0.1) is 5.75 Å². The normalized spacial score (nSPS) is 18.7. The third-order valence-electron chi connectivity index (χ3n) is 3.64. The Balaban J connectivity index is 2.62. The molecule has 1 aliphatic rings. The summed E-state index contributed by atoms with van der Waals surface area (Å²) in [6.45, 7) is 4.27. The second kappa shape index (κ2) is 7.46. The first kappa shape index (κ1) is 15.9. The van der Waals surface area contributed by atoms with Crippen molar-refractivity contribution in [2.75, 3.05) is 18.9 Å². The van der Waals surface area contributed by atoms with Gasteiger partial charge in [-0.05, 0) is 39.0 Å². The fourth-order valence-corrected chi connectivity index (χ4v) is 4.86. The van der Waals surface area contributed by atoms with Crippen molar-refractivity contribution in [1.29, 1.82) is 0 Å². The minimum Gasteiger partial charge on any atom is -0.396 e. The van der Waals surface area contributed by atoms with Gasteiger partial charge in [0.1, 0.15) is 0 Å². The third kappa shape index (κ3) is 4.86. The zero-order valence-electron chi connectivity index (χ0n) is 11.6. The van der Waals surface area contributed by atoms with Crippen molar-refractivity contribution in [3.05, 3.63) is 0 Å². The highest BCUT2D eigenvalue weighted by Gasteiger charge is 2.28. The molecule has 0 aromatic rings. The first-order valence-corrected chi connectivity index (χ1v) is 8.68. The molecule has 0 aromatic carbocycles. The molecule has 0 bridgehead atoms. The van der Waals surface area contributed by atoms with E-state index in [0.29, 0.717) is 18.9 Å². The summed E-state index contributed by atoms with van der Waals surface area (Å²) < 4.78 is 26.3. The lowest BCUT2D eigenvalue weighted by molar-refractivity contribution is 0.257. The number of aliphatic hydroxyl groups excluding tert-OH is 1. The van der Waals surface area contributed by atoms with Gasteiger partial charge in [0.15, 0.2) is 0 Å². The molecule has 1 fully saturated rings. The zero-order chi connectivity index (χ0) is 13.6. The summed E-state index contributed by atoms with van der Waals surface area (Å²) in [6, 6.07) is -0.0230. The number of hydrogen-bond acceptors (Lipinski definition) is 3. The van der Waals surface area contributed by atoms with E-state index in [0.717, 1.165) is 12.8 Å². The Morgan fingerprint density at radius 1 is 1.22 bits per heavy atom. The van der Waals surface area contributed by atoms with Gasteiger partial charge in [-0.2, -0.15) is 4.31 Å². The van der Waals surface area contributed by atoms with Gasteiger partial charge in [-0.1, -0.05) is 19.3 Å². The highest BCUT2D eigenvalue weighted by Crippen LogP contribution is 2.26. The topological polar surface area (TPSA) is 57.6 Å². The minimum absolute atomic E-state index is 0.0230. The standard InChI is InChI=1S/C13H27NO3S/c1-12(2)14(9-6-10-15)18(16,17)11-13-7-4-3-5-8-13/h12-13,15H,3-11H2,1-2H3. The molecule has 18 heavy (non-hydrogen) atoms. The molecule has 5 heteroatoms. The highest BCUT2D eigenvalue weighted by molar-refractivity contribution is 7.89. The summed E-state index contributed by atoms with van der Waals surface area (Å²) in [5.41, 5.74) is 0. The third-order valence-corrected chi connectivity index (χ3v) is 5.85. The zero-order valence-corrected chi connectivity index (χ0v) is 12.5. The smallest absolute Gasteiger partial charge is 0.214 e. The predicted octanol–water partition coefficient (Wildman–Crippen LogP) is 1.99. The lowest BCUT2D eigenvalue weighted by Crippen LogP contribution is -2.41. The second-order valence-corrected chi connectivity index (χ2v) is 7.53. The van der Waals surface area contributed by atoms with E-state index in [2.05, 4.69) is 0 Å². The molecule has 4 nitrogen and oxygen atoms in total. The van der Waals surface area contributed by atoms with E-state index in [4.69, 9.17) is 5.11 Å². The summed E-state index contributed by atoms with van der Waals surface area (Å²) in [4.78, 5) is 0. The quantitative estimate of drug-likeness (QED) is 0.774. The molecule has 0 unspecified atom stereocenters. The molecule has 1 saturated carbocycles. The van der Waals surface area contributed by atoms with E-state index >= 15 is 0 Å². The van der Waals surface area contributed by atoms with E-state index in [9.17, 15) is 8.42 Å². The molecule has 1 aliphatic carbocycles. The molecule has 0 atom stereocenters. The molecule has 1 rings (SSSR count). The first-order valence-electron chi connectivity index (χ1n) is 7.07. The van der Waals surface area contributed by atoms with Crippen LogP contribution in [0.1, 0.15) is 52.4 Å². The lowest BCUT2D eigenvalue weighted by Gasteiger charge is -2.29. The Morgan fingerprint density at radius 3 is 2.33 bits per heavy atom. The maximum absolute atomic E-state index is 12.4. The van der Waals surface area contributed by atoms with Crippen LogP contribution in [0, 0.1) is 5.92 Å². The van der Waals surface area contributed by atoms with Crippen LogP contribution in [0.4, 0.5) is 0 Å². The van der Waals surface area contributed by atoms with Crippen molar-refractivity contribution in [2.24, 2.45) is 5.92 Å². The van der Waals surface area contributed by atoms with Crippen molar-refractivity contribution >= 4 is 10.0 Å². The molecular formula is C13H27NO3S. The summed E-state index contributed by atoms with van der Waals surface area (Å²) in [5.74, 6) is 0.621. The van der Waals surface area contributed by atoms with Crippen LogP contribution in [0.2, 0.25) is 0 Å². The van der Waals surface area contributed by atoms with Crippen molar-refractivity contribution in [1.82, 2.24) is 4.31 Å². The highest BCUT2D eigenvalue weighted by atomic mass is 32.2. The van der Waals surface area contributed by atoms with Crippen LogP contribution in [0.5, 0.6) is 0 Å². The number of rotatable bonds is 7. The van der Waals surface area contributed by atoms with Gasteiger partial charge in [-0.3, -0.25) is 0 Å². The molecule has 1 N–H and O–H groups in total. The van der Waals surface area contributed by atoms with Crippen LogP contribution in [-0.2, 0) is 10.0 Å². The SMILES string of the molecule is CC(C)N(CCCO)S(=O)(=O)CC1CCCCC1. The van der Waals surface area contributed by atoms with Gasteiger partial charge in [-0.15, -0.1) is 0 Å². The van der Waals surface area contributed by atoms with E-state index < -0.39 is 10.0 Å². The van der Waals surface area contributed by atoms with E-state index in [1.165, 1.54) is 19.3 Å². The second-order valence-electron chi connectivity index (χ2n) is 5.56. The fraction of sp³-hybridized carbons (Fsp3) is 1.00. The fourth-order valence-electron chi connectivity index (χ4n) is 2.69. The predicted molar refractivity (Wildman–Crippen MR) is 73.9 cm³/mol. The van der Waals surface area contributed by atoms with Gasteiger partial charge in [0, 0.05) is 19.2 Å². The van der Waals surface area contributed by atoms with Crippen LogP contribution in [0.15, 0.2) is 0 Å². The van der Waals surface area contributed by atoms with Gasteiger partial charge in [0.25, 0.3) is 0 Å². The summed E-state index contributed by atoms with van der Waals surface area (Å²) >= 11 is 0. The molecule has 0 radical (unpaired) electrons. The molecule has 0 spiro atoms. The van der Waals surface area contributed by atoms with Gasteiger partial charge in [0.2, 0.25) is 10.0 Å². The molecular weight excluding hydrogens is 250 g/mol. The van der Waals surface area contributed by atoms with Gasteiger partial charge in [-0.25, -0.2) is 8.42 Å². The minimum atomic E-state index is -3.17. The molecule has 108 valence electrons. The molecule has 0 saturated heterocycles. The van der Waals surface area contributed by atoms with Crippen LogP contribution in [0.25, 0.3) is 0 Å². The molecule has 0 heterocycles. The molecule has 0 aliphatic heterocycles. The van der Waals surface area contributed by atoms with Crippen LogP contribution < -0.4 is 0 Å². The van der Waals surface area contributed by atoms with Crippen LogP contribution >= 0.6 is 0 Å². The van der Waals surface area contributed by atoms with E-state index in [-0.39, 0.29) is 18.4 Å². The summed E-state index contributed by atoms with van der Waals surface area (Å²) in [7, 11) is -3.17. The average Bonchev–Trinajstić information content (AvgIpc) is 2.29. The Bertz CT molecular complexity index is 321. The first-order chi connectivity index (χ1) is 8.47. The maximum atomic E-state index is 12.4. The number of nitrogens with zero attached hydrogens (tertiary/aromatic N) is 1. The maximum Gasteiger partial charge on any atom is 0.214 e.